The van der Waals surface area contributed by atoms with Gasteiger partial charge >= 0.3 is 5.97 Å². The molecule has 1 aliphatic carbocycles. The highest BCUT2D eigenvalue weighted by Crippen LogP contribution is 2.42. The van der Waals surface area contributed by atoms with Gasteiger partial charge in [0.15, 0.2) is 0 Å². The van der Waals surface area contributed by atoms with Crippen LogP contribution in [0.5, 0.6) is 0 Å². The minimum Gasteiger partial charge on any atom is -0.480 e. The van der Waals surface area contributed by atoms with E-state index in [9.17, 15) is 9.90 Å². The molecular weight excluding hydrogens is 338 g/mol. The number of hydrogen-bond donors (Lipinski definition) is 2. The fraction of sp³-hybridized carbons (Fsp3) is 0.533. The van der Waals surface area contributed by atoms with E-state index in [1.165, 1.54) is 0 Å². The van der Waals surface area contributed by atoms with E-state index in [1.807, 2.05) is 24.3 Å². The number of halogens is 1. The Hall–Kier alpha value is -0.520. The number of carboxylic acid groups (broad SMARTS) is 1. The second kappa shape index (κ2) is 6.96. The summed E-state index contributed by atoms with van der Waals surface area (Å²) in [6.45, 7) is 2.82. The van der Waals surface area contributed by atoms with Crippen LogP contribution in [0.2, 0.25) is 0 Å². The zero-order valence-corrected chi connectivity index (χ0v) is 14.0. The first kappa shape index (κ1) is 15.9. The van der Waals surface area contributed by atoms with Gasteiger partial charge < -0.3 is 10.4 Å². The number of thioether (sulfide) groups is 1. The van der Waals surface area contributed by atoms with E-state index in [4.69, 9.17) is 0 Å². The predicted octanol–water partition coefficient (Wildman–Crippen LogP) is 3.77. The maximum Gasteiger partial charge on any atom is 0.325 e. The minimum atomic E-state index is -0.775. The number of carboxylic acids is 1. The Kier molecular flexibility index (Phi) is 5.52. The summed E-state index contributed by atoms with van der Waals surface area (Å²) in [4.78, 5) is 12.9. The molecule has 0 amide bonds. The van der Waals surface area contributed by atoms with E-state index in [2.05, 4.69) is 28.2 Å². The maximum atomic E-state index is 11.8. The number of aliphatic carboxylic acids is 1. The topological polar surface area (TPSA) is 49.3 Å². The molecule has 1 atom stereocenters. The molecule has 1 aromatic rings. The number of hydrogen-bond acceptors (Lipinski definition) is 3. The molecule has 0 heterocycles. The van der Waals surface area contributed by atoms with Gasteiger partial charge in [-0.25, -0.2) is 0 Å². The SMILES string of the molecule is CCCNC(CSc1cccc(Br)c1)(C(=O)O)C1CC1. The Morgan fingerprint density at radius 2 is 2.30 bits per heavy atom. The second-order valence-corrected chi connectivity index (χ2v) is 7.19. The highest BCUT2D eigenvalue weighted by atomic mass is 79.9. The lowest BCUT2D eigenvalue weighted by molar-refractivity contribution is -0.144. The third-order valence-corrected chi connectivity index (χ3v) is 5.29. The lowest BCUT2D eigenvalue weighted by atomic mass is 9.95. The predicted molar refractivity (Wildman–Crippen MR) is 86.3 cm³/mol. The van der Waals surface area contributed by atoms with Crippen LogP contribution in [0.1, 0.15) is 26.2 Å². The monoisotopic (exact) mass is 357 g/mol. The molecule has 0 aromatic heterocycles. The summed E-state index contributed by atoms with van der Waals surface area (Å²) < 4.78 is 1.02. The molecule has 0 radical (unpaired) electrons. The largest absolute Gasteiger partial charge is 0.480 e. The van der Waals surface area contributed by atoms with Crippen molar-refractivity contribution in [3.63, 3.8) is 0 Å². The maximum absolute atomic E-state index is 11.8. The number of carbonyl (C=O) groups is 1. The van der Waals surface area contributed by atoms with Gasteiger partial charge in [-0.3, -0.25) is 4.79 Å². The molecule has 0 aliphatic heterocycles. The van der Waals surface area contributed by atoms with Gasteiger partial charge in [0.1, 0.15) is 5.54 Å². The molecule has 1 aromatic carbocycles. The van der Waals surface area contributed by atoms with E-state index >= 15 is 0 Å². The van der Waals surface area contributed by atoms with Crippen LogP contribution in [0.3, 0.4) is 0 Å². The molecule has 20 heavy (non-hydrogen) atoms. The molecule has 110 valence electrons. The van der Waals surface area contributed by atoms with Gasteiger partial charge in [0.05, 0.1) is 0 Å². The summed E-state index contributed by atoms with van der Waals surface area (Å²) in [5.41, 5.74) is -0.775. The van der Waals surface area contributed by atoms with Crippen molar-refractivity contribution in [2.24, 2.45) is 5.92 Å². The number of nitrogens with one attached hydrogen (secondary N) is 1. The van der Waals surface area contributed by atoms with E-state index < -0.39 is 11.5 Å². The van der Waals surface area contributed by atoms with Crippen LogP contribution in [0.15, 0.2) is 33.6 Å². The summed E-state index contributed by atoms with van der Waals surface area (Å²) >= 11 is 5.06. The normalized spacial score (nSPS) is 17.7. The van der Waals surface area contributed by atoms with Crippen molar-refractivity contribution in [2.45, 2.75) is 36.6 Å². The first-order chi connectivity index (χ1) is 9.58. The van der Waals surface area contributed by atoms with Gasteiger partial charge in [0.25, 0.3) is 0 Å². The van der Waals surface area contributed by atoms with Gasteiger partial charge in [-0.15, -0.1) is 11.8 Å². The van der Waals surface area contributed by atoms with Crippen molar-refractivity contribution >= 4 is 33.7 Å². The van der Waals surface area contributed by atoms with Crippen LogP contribution in [0.25, 0.3) is 0 Å². The molecule has 1 aliphatic rings. The lowest BCUT2D eigenvalue weighted by Crippen LogP contribution is -2.56. The van der Waals surface area contributed by atoms with Gasteiger partial charge in [-0.2, -0.15) is 0 Å². The van der Waals surface area contributed by atoms with Crippen molar-refractivity contribution in [3.8, 4) is 0 Å². The van der Waals surface area contributed by atoms with E-state index in [0.717, 1.165) is 35.2 Å². The highest BCUT2D eigenvalue weighted by molar-refractivity contribution is 9.10. The fourth-order valence-corrected chi connectivity index (χ4v) is 4.09. The molecule has 0 spiro atoms. The molecule has 0 saturated heterocycles. The summed E-state index contributed by atoms with van der Waals surface area (Å²) in [6.07, 6.45) is 2.98. The van der Waals surface area contributed by atoms with E-state index in [1.54, 1.807) is 11.8 Å². The Labute approximate surface area is 132 Å². The van der Waals surface area contributed by atoms with Crippen LogP contribution in [0.4, 0.5) is 0 Å². The van der Waals surface area contributed by atoms with Crippen LogP contribution < -0.4 is 5.32 Å². The van der Waals surface area contributed by atoms with E-state index in [-0.39, 0.29) is 5.92 Å². The van der Waals surface area contributed by atoms with Gasteiger partial charge in [0, 0.05) is 15.1 Å². The van der Waals surface area contributed by atoms with Crippen molar-refractivity contribution in [3.05, 3.63) is 28.7 Å². The molecule has 1 unspecified atom stereocenters. The molecule has 1 fully saturated rings. The zero-order chi connectivity index (χ0) is 14.6. The Morgan fingerprint density at radius 3 is 2.85 bits per heavy atom. The number of rotatable bonds is 8. The summed E-state index contributed by atoms with van der Waals surface area (Å²) in [7, 11) is 0. The Morgan fingerprint density at radius 1 is 1.55 bits per heavy atom. The van der Waals surface area contributed by atoms with Crippen molar-refractivity contribution in [1.29, 1.82) is 0 Å². The van der Waals surface area contributed by atoms with Crippen LogP contribution in [0, 0.1) is 5.92 Å². The molecular formula is C15H20BrNO2S. The molecule has 1 saturated carbocycles. The molecule has 0 bridgehead atoms. The van der Waals surface area contributed by atoms with E-state index in [0.29, 0.717) is 5.75 Å². The standard InChI is InChI=1S/C15H20BrNO2S/c1-2-8-17-15(14(18)19,11-6-7-11)10-20-13-5-3-4-12(16)9-13/h3-5,9,11,17H,2,6-8,10H2,1H3,(H,18,19). The Bertz CT molecular complexity index is 479. The minimum absolute atomic E-state index is 0.270. The average molecular weight is 358 g/mol. The fourth-order valence-electron chi connectivity index (χ4n) is 2.30. The third kappa shape index (κ3) is 3.77. The quantitative estimate of drug-likeness (QED) is 0.695. The summed E-state index contributed by atoms with van der Waals surface area (Å²) in [6, 6.07) is 8.01. The first-order valence-electron chi connectivity index (χ1n) is 6.95. The summed E-state index contributed by atoms with van der Waals surface area (Å²) in [5, 5.41) is 13.0. The second-order valence-electron chi connectivity index (χ2n) is 5.22. The molecule has 2 rings (SSSR count). The molecule has 3 nitrogen and oxygen atoms in total. The third-order valence-electron chi connectivity index (χ3n) is 3.61. The van der Waals surface area contributed by atoms with Crippen molar-refractivity contribution in [1.82, 2.24) is 5.32 Å². The van der Waals surface area contributed by atoms with Gasteiger partial charge in [0.2, 0.25) is 0 Å². The lowest BCUT2D eigenvalue weighted by Gasteiger charge is -2.30. The van der Waals surface area contributed by atoms with Crippen molar-refractivity contribution < 1.29 is 9.90 Å². The highest BCUT2D eigenvalue weighted by Gasteiger charge is 2.50. The van der Waals surface area contributed by atoms with Crippen LogP contribution in [-0.2, 0) is 4.79 Å². The van der Waals surface area contributed by atoms with Crippen LogP contribution in [-0.4, -0.2) is 28.9 Å². The first-order valence-corrected chi connectivity index (χ1v) is 8.73. The van der Waals surface area contributed by atoms with Crippen molar-refractivity contribution in [2.75, 3.05) is 12.3 Å². The summed E-state index contributed by atoms with van der Waals surface area (Å²) in [5.74, 6) is 0.130. The average Bonchev–Trinajstić information content (AvgIpc) is 3.24. The van der Waals surface area contributed by atoms with Gasteiger partial charge in [-0.1, -0.05) is 28.9 Å². The Balaban J connectivity index is 2.09. The molecule has 2 N–H and O–H groups in total. The van der Waals surface area contributed by atoms with Crippen LogP contribution >= 0.6 is 27.7 Å². The molecule has 5 heteroatoms. The zero-order valence-electron chi connectivity index (χ0n) is 11.6. The van der Waals surface area contributed by atoms with Gasteiger partial charge in [-0.05, 0) is 49.9 Å². The number of benzene rings is 1. The smallest absolute Gasteiger partial charge is 0.325 e.